The van der Waals surface area contributed by atoms with Gasteiger partial charge in [0.05, 0.1) is 39.2 Å². The van der Waals surface area contributed by atoms with Crippen LogP contribution in [-0.2, 0) is 4.79 Å². The highest BCUT2D eigenvalue weighted by Crippen LogP contribution is 2.41. The maximum absolute atomic E-state index is 12.8. The van der Waals surface area contributed by atoms with Crippen molar-refractivity contribution >= 4 is 23.2 Å². The zero-order chi connectivity index (χ0) is 23.1. The second kappa shape index (κ2) is 10.9. The van der Waals surface area contributed by atoms with E-state index >= 15 is 0 Å². The van der Waals surface area contributed by atoms with E-state index in [1.807, 2.05) is 6.92 Å². The third-order valence-electron chi connectivity index (χ3n) is 5.56. The van der Waals surface area contributed by atoms with E-state index in [1.165, 1.54) is 20.6 Å². The zero-order valence-electron chi connectivity index (χ0n) is 19.1. The maximum atomic E-state index is 12.8. The molecule has 32 heavy (non-hydrogen) atoms. The first-order valence-electron chi connectivity index (χ1n) is 10.7. The summed E-state index contributed by atoms with van der Waals surface area (Å²) >= 11 is 0. The summed E-state index contributed by atoms with van der Waals surface area (Å²) in [5, 5.41) is 5.82. The first kappa shape index (κ1) is 23.4. The largest absolute Gasteiger partial charge is 0.497 e. The maximum Gasteiger partial charge on any atom is 0.255 e. The molecule has 0 spiro atoms. The lowest BCUT2D eigenvalue weighted by Gasteiger charge is -2.26. The van der Waals surface area contributed by atoms with Gasteiger partial charge in [0.1, 0.15) is 17.2 Å². The number of methoxy groups -OCH3 is 3. The Balaban J connectivity index is 1.83. The number of carbonyl (C=O) groups excluding carboxylic acids is 2. The minimum absolute atomic E-state index is 0.123. The Morgan fingerprint density at radius 2 is 1.47 bits per heavy atom. The minimum atomic E-state index is -0.305. The number of piperidine rings is 1. The van der Waals surface area contributed by atoms with Gasteiger partial charge in [0, 0.05) is 11.1 Å². The number of hydrogen-bond acceptors (Lipinski definition) is 6. The highest BCUT2D eigenvalue weighted by molar-refractivity contribution is 6.06. The van der Waals surface area contributed by atoms with E-state index in [0.717, 1.165) is 25.9 Å². The molecule has 1 heterocycles. The molecule has 1 aliphatic rings. The lowest BCUT2D eigenvalue weighted by Crippen LogP contribution is -2.36. The van der Waals surface area contributed by atoms with Gasteiger partial charge in [0.15, 0.2) is 0 Å². The fraction of sp³-hybridized carbons (Fsp3) is 0.417. The molecule has 3 rings (SSSR count). The van der Waals surface area contributed by atoms with Crippen molar-refractivity contribution in [2.45, 2.75) is 26.2 Å². The van der Waals surface area contributed by atoms with Crippen molar-refractivity contribution in [1.82, 2.24) is 4.90 Å². The third-order valence-corrected chi connectivity index (χ3v) is 5.56. The summed E-state index contributed by atoms with van der Waals surface area (Å²) in [4.78, 5) is 27.6. The molecular weight excluding hydrogens is 410 g/mol. The topological polar surface area (TPSA) is 89.1 Å². The predicted octanol–water partition coefficient (Wildman–Crippen LogP) is 3.70. The number of ether oxygens (including phenoxy) is 3. The smallest absolute Gasteiger partial charge is 0.255 e. The van der Waals surface area contributed by atoms with Crippen LogP contribution in [0.25, 0.3) is 0 Å². The molecule has 1 fully saturated rings. The lowest BCUT2D eigenvalue weighted by atomic mass is 10.1. The first-order valence-corrected chi connectivity index (χ1v) is 10.7. The van der Waals surface area contributed by atoms with Gasteiger partial charge < -0.3 is 24.8 Å². The van der Waals surface area contributed by atoms with Crippen molar-refractivity contribution in [3.8, 4) is 17.2 Å². The van der Waals surface area contributed by atoms with Gasteiger partial charge in [0.25, 0.3) is 5.91 Å². The van der Waals surface area contributed by atoms with Crippen molar-refractivity contribution < 1.29 is 23.8 Å². The van der Waals surface area contributed by atoms with Gasteiger partial charge in [-0.2, -0.15) is 0 Å². The van der Waals surface area contributed by atoms with Crippen LogP contribution in [-0.4, -0.2) is 57.7 Å². The van der Waals surface area contributed by atoms with Crippen LogP contribution in [0, 0.1) is 6.92 Å². The predicted molar refractivity (Wildman–Crippen MR) is 124 cm³/mol. The SMILES string of the molecule is COc1ccc(C(=O)Nc2cc(NC(=O)CN3CCCCC3)c(OC)c(C)c2OC)cc1. The molecule has 0 radical (unpaired) electrons. The Morgan fingerprint density at radius 1 is 0.875 bits per heavy atom. The van der Waals surface area contributed by atoms with Crippen LogP contribution in [0.3, 0.4) is 0 Å². The summed E-state index contributed by atoms with van der Waals surface area (Å²) in [7, 11) is 4.64. The number of benzene rings is 2. The fourth-order valence-corrected chi connectivity index (χ4v) is 3.94. The Hall–Kier alpha value is -3.26. The number of nitrogens with zero attached hydrogens (tertiary/aromatic N) is 1. The standard InChI is InChI=1S/C24H31N3O5/c1-16-22(31-3)19(25-21(28)15-27-12-6-5-7-13-27)14-20(23(16)32-4)26-24(29)17-8-10-18(30-2)11-9-17/h8-11,14H,5-7,12-13,15H2,1-4H3,(H,25,28)(H,26,29). The second-order valence-corrected chi connectivity index (χ2v) is 7.73. The number of carbonyl (C=O) groups is 2. The molecule has 0 aliphatic carbocycles. The molecule has 0 saturated carbocycles. The van der Waals surface area contributed by atoms with Crippen LogP contribution in [0.4, 0.5) is 11.4 Å². The van der Waals surface area contributed by atoms with Gasteiger partial charge in [-0.05, 0) is 63.2 Å². The fourth-order valence-electron chi connectivity index (χ4n) is 3.94. The molecule has 0 unspecified atom stereocenters. The highest BCUT2D eigenvalue weighted by atomic mass is 16.5. The van der Waals surface area contributed by atoms with Crippen LogP contribution in [0.15, 0.2) is 30.3 Å². The third kappa shape index (κ3) is 5.50. The minimum Gasteiger partial charge on any atom is -0.497 e. The number of anilines is 2. The van der Waals surface area contributed by atoms with Crippen LogP contribution in [0.1, 0.15) is 35.2 Å². The van der Waals surface area contributed by atoms with Gasteiger partial charge in [0.2, 0.25) is 5.91 Å². The molecule has 2 aromatic rings. The van der Waals surface area contributed by atoms with Gasteiger partial charge in [-0.25, -0.2) is 0 Å². The summed E-state index contributed by atoms with van der Waals surface area (Å²) in [5.41, 5.74) is 2.07. The molecular formula is C24H31N3O5. The molecule has 1 aliphatic heterocycles. The van der Waals surface area contributed by atoms with E-state index in [9.17, 15) is 9.59 Å². The summed E-state index contributed by atoms with van der Waals surface area (Å²) in [6, 6.07) is 8.46. The molecule has 0 bridgehead atoms. The molecule has 172 valence electrons. The van der Waals surface area contributed by atoms with Gasteiger partial charge in [-0.15, -0.1) is 0 Å². The van der Waals surface area contributed by atoms with Gasteiger partial charge >= 0.3 is 0 Å². The molecule has 1 saturated heterocycles. The number of amides is 2. The number of hydrogen-bond donors (Lipinski definition) is 2. The van der Waals surface area contributed by atoms with E-state index in [1.54, 1.807) is 37.4 Å². The zero-order valence-corrected chi connectivity index (χ0v) is 19.1. The van der Waals surface area contributed by atoms with Crippen molar-refractivity contribution in [3.05, 3.63) is 41.5 Å². The van der Waals surface area contributed by atoms with Gasteiger partial charge in [-0.1, -0.05) is 6.42 Å². The summed E-state index contributed by atoms with van der Waals surface area (Å²) < 4.78 is 16.2. The van der Waals surface area contributed by atoms with Crippen LogP contribution in [0.2, 0.25) is 0 Å². The lowest BCUT2D eigenvalue weighted by molar-refractivity contribution is -0.117. The van der Waals surface area contributed by atoms with Gasteiger partial charge in [-0.3, -0.25) is 14.5 Å². The molecule has 2 N–H and O–H groups in total. The summed E-state index contributed by atoms with van der Waals surface area (Å²) in [6.07, 6.45) is 3.43. The van der Waals surface area contributed by atoms with Crippen LogP contribution >= 0.6 is 0 Å². The van der Waals surface area contributed by atoms with E-state index in [-0.39, 0.29) is 11.8 Å². The van der Waals surface area contributed by atoms with Crippen molar-refractivity contribution in [1.29, 1.82) is 0 Å². The quantitative estimate of drug-likeness (QED) is 0.649. The average Bonchev–Trinajstić information content (AvgIpc) is 2.80. The summed E-state index contributed by atoms with van der Waals surface area (Å²) in [6.45, 7) is 3.99. The van der Waals surface area contributed by atoms with E-state index in [2.05, 4.69) is 15.5 Å². The van der Waals surface area contributed by atoms with Crippen molar-refractivity contribution in [2.75, 3.05) is 51.6 Å². The van der Waals surface area contributed by atoms with E-state index in [0.29, 0.717) is 46.3 Å². The number of nitrogens with one attached hydrogen (secondary N) is 2. The Bertz CT molecular complexity index is 953. The first-order chi connectivity index (χ1) is 15.5. The molecule has 0 atom stereocenters. The molecule has 2 aromatic carbocycles. The monoisotopic (exact) mass is 441 g/mol. The van der Waals surface area contributed by atoms with E-state index < -0.39 is 0 Å². The molecule has 8 heteroatoms. The normalized spacial score (nSPS) is 13.9. The molecule has 0 aromatic heterocycles. The van der Waals surface area contributed by atoms with Crippen molar-refractivity contribution in [3.63, 3.8) is 0 Å². The van der Waals surface area contributed by atoms with Crippen molar-refractivity contribution in [2.24, 2.45) is 0 Å². The number of likely N-dealkylation sites (tertiary alicyclic amines) is 1. The average molecular weight is 442 g/mol. The number of rotatable bonds is 8. The Kier molecular flexibility index (Phi) is 7.94. The van der Waals surface area contributed by atoms with Crippen LogP contribution < -0.4 is 24.8 Å². The Labute approximate surface area is 188 Å². The molecule has 2 amide bonds. The molecule has 8 nitrogen and oxygen atoms in total. The highest BCUT2D eigenvalue weighted by Gasteiger charge is 2.21. The summed E-state index contributed by atoms with van der Waals surface area (Å²) in [5.74, 6) is 1.20. The van der Waals surface area contributed by atoms with E-state index in [4.69, 9.17) is 14.2 Å². The second-order valence-electron chi connectivity index (χ2n) is 7.73. The van der Waals surface area contributed by atoms with Crippen LogP contribution in [0.5, 0.6) is 17.2 Å². The Morgan fingerprint density at radius 3 is 2.03 bits per heavy atom.